The second kappa shape index (κ2) is 6.52. The van der Waals surface area contributed by atoms with Gasteiger partial charge in [-0.3, -0.25) is 4.31 Å². The molecule has 0 heterocycles. The molecule has 0 aliphatic carbocycles. The van der Waals surface area contributed by atoms with Crippen LogP contribution in [0, 0.1) is 20.8 Å². The lowest BCUT2D eigenvalue weighted by atomic mass is 10.1. The molecular formula is C21H23NO2S. The molecule has 0 saturated heterocycles. The maximum atomic E-state index is 13.3. The Morgan fingerprint density at radius 1 is 0.840 bits per heavy atom. The van der Waals surface area contributed by atoms with E-state index in [-0.39, 0.29) is 0 Å². The SMILES string of the molecule is CCN(c1c(C)cc(C)cc1C)S(=O)(=O)c1ccc2ccccc2c1. The number of hydrogen-bond acceptors (Lipinski definition) is 2. The van der Waals surface area contributed by atoms with Crippen molar-refractivity contribution in [3.05, 3.63) is 71.3 Å². The van der Waals surface area contributed by atoms with Crippen LogP contribution in [0.4, 0.5) is 5.69 Å². The summed E-state index contributed by atoms with van der Waals surface area (Å²) in [6.07, 6.45) is 0. The summed E-state index contributed by atoms with van der Waals surface area (Å²) < 4.78 is 28.2. The van der Waals surface area contributed by atoms with Crippen LogP contribution in [-0.4, -0.2) is 15.0 Å². The van der Waals surface area contributed by atoms with Crippen molar-refractivity contribution >= 4 is 26.5 Å². The van der Waals surface area contributed by atoms with E-state index in [2.05, 4.69) is 0 Å². The number of nitrogens with zero attached hydrogens (tertiary/aromatic N) is 1. The van der Waals surface area contributed by atoms with Gasteiger partial charge in [-0.2, -0.15) is 0 Å². The maximum Gasteiger partial charge on any atom is 0.264 e. The fourth-order valence-corrected chi connectivity index (χ4v) is 5.11. The third-order valence-electron chi connectivity index (χ3n) is 4.48. The molecule has 130 valence electrons. The lowest BCUT2D eigenvalue weighted by Crippen LogP contribution is -2.32. The number of sulfonamides is 1. The molecular weight excluding hydrogens is 330 g/mol. The minimum absolute atomic E-state index is 0.326. The molecule has 3 rings (SSSR count). The van der Waals surface area contributed by atoms with E-state index in [4.69, 9.17) is 0 Å². The van der Waals surface area contributed by atoms with Gasteiger partial charge in [-0.05, 0) is 61.7 Å². The van der Waals surface area contributed by atoms with Crippen molar-refractivity contribution in [3.8, 4) is 0 Å². The normalized spacial score (nSPS) is 11.7. The summed E-state index contributed by atoms with van der Waals surface area (Å²) in [7, 11) is -3.62. The van der Waals surface area contributed by atoms with Gasteiger partial charge in [0.15, 0.2) is 0 Å². The number of hydrogen-bond donors (Lipinski definition) is 0. The van der Waals surface area contributed by atoms with Gasteiger partial charge in [0, 0.05) is 6.54 Å². The van der Waals surface area contributed by atoms with E-state index in [1.165, 1.54) is 4.31 Å². The van der Waals surface area contributed by atoms with E-state index in [1.807, 2.05) is 70.2 Å². The second-order valence-electron chi connectivity index (χ2n) is 6.43. The van der Waals surface area contributed by atoms with Gasteiger partial charge in [-0.25, -0.2) is 8.42 Å². The zero-order chi connectivity index (χ0) is 18.2. The predicted molar refractivity (Wildman–Crippen MR) is 105 cm³/mol. The summed E-state index contributed by atoms with van der Waals surface area (Å²) in [6, 6.07) is 17.2. The van der Waals surface area contributed by atoms with Crippen molar-refractivity contribution in [2.75, 3.05) is 10.8 Å². The van der Waals surface area contributed by atoms with Gasteiger partial charge in [-0.1, -0.05) is 48.0 Å². The Bertz CT molecular complexity index is 1020. The predicted octanol–water partition coefficient (Wildman–Crippen LogP) is 4.98. The summed E-state index contributed by atoms with van der Waals surface area (Å²) in [5.74, 6) is 0. The highest BCUT2D eigenvalue weighted by molar-refractivity contribution is 7.92. The monoisotopic (exact) mass is 353 g/mol. The van der Waals surface area contributed by atoms with Gasteiger partial charge in [0.25, 0.3) is 10.0 Å². The summed E-state index contributed by atoms with van der Waals surface area (Å²) in [6.45, 7) is 8.22. The summed E-state index contributed by atoms with van der Waals surface area (Å²) >= 11 is 0. The number of anilines is 1. The topological polar surface area (TPSA) is 37.4 Å². The molecule has 0 fully saturated rings. The first-order chi connectivity index (χ1) is 11.8. The average Bonchev–Trinajstić information content (AvgIpc) is 2.57. The Morgan fingerprint density at radius 2 is 1.44 bits per heavy atom. The molecule has 0 aromatic heterocycles. The van der Waals surface area contributed by atoms with Gasteiger partial charge >= 0.3 is 0 Å². The first kappa shape index (κ1) is 17.5. The van der Waals surface area contributed by atoms with Gasteiger partial charge < -0.3 is 0 Å². The molecule has 0 saturated carbocycles. The third kappa shape index (κ3) is 3.14. The molecule has 0 spiro atoms. The second-order valence-corrected chi connectivity index (χ2v) is 8.29. The zero-order valence-corrected chi connectivity index (χ0v) is 15.9. The fourth-order valence-electron chi connectivity index (χ4n) is 3.47. The van der Waals surface area contributed by atoms with Crippen molar-refractivity contribution in [2.45, 2.75) is 32.6 Å². The maximum absolute atomic E-state index is 13.3. The lowest BCUT2D eigenvalue weighted by Gasteiger charge is -2.27. The Morgan fingerprint density at radius 3 is 2.04 bits per heavy atom. The molecule has 4 heteroatoms. The lowest BCUT2D eigenvalue weighted by molar-refractivity contribution is 0.591. The van der Waals surface area contributed by atoms with Gasteiger partial charge in [-0.15, -0.1) is 0 Å². The Hall–Kier alpha value is -2.33. The highest BCUT2D eigenvalue weighted by Gasteiger charge is 2.26. The molecule has 0 N–H and O–H groups in total. The summed E-state index contributed by atoms with van der Waals surface area (Å²) in [4.78, 5) is 0.326. The van der Waals surface area contributed by atoms with Gasteiger partial charge in [0.1, 0.15) is 0 Å². The largest absolute Gasteiger partial charge is 0.266 e. The van der Waals surface area contributed by atoms with Crippen LogP contribution in [0.5, 0.6) is 0 Å². The number of benzene rings is 3. The van der Waals surface area contributed by atoms with Crippen LogP contribution in [0.2, 0.25) is 0 Å². The first-order valence-corrected chi connectivity index (χ1v) is 9.88. The molecule has 25 heavy (non-hydrogen) atoms. The zero-order valence-electron chi connectivity index (χ0n) is 15.1. The highest BCUT2D eigenvalue weighted by atomic mass is 32.2. The molecule has 0 aliphatic heterocycles. The molecule has 0 aliphatic rings. The average molecular weight is 353 g/mol. The molecule has 0 bridgehead atoms. The molecule has 0 atom stereocenters. The Kier molecular flexibility index (Phi) is 4.56. The number of rotatable bonds is 4. The van der Waals surface area contributed by atoms with Crippen LogP contribution in [0.25, 0.3) is 10.8 Å². The molecule has 3 aromatic carbocycles. The van der Waals surface area contributed by atoms with Crippen molar-refractivity contribution in [2.24, 2.45) is 0 Å². The van der Waals surface area contributed by atoms with Gasteiger partial charge in [0.05, 0.1) is 10.6 Å². The Balaban J connectivity index is 2.16. The van der Waals surface area contributed by atoms with E-state index in [0.717, 1.165) is 33.2 Å². The fraction of sp³-hybridized carbons (Fsp3) is 0.238. The van der Waals surface area contributed by atoms with Crippen LogP contribution in [0.3, 0.4) is 0 Å². The first-order valence-electron chi connectivity index (χ1n) is 8.44. The number of fused-ring (bicyclic) bond motifs is 1. The minimum Gasteiger partial charge on any atom is -0.266 e. The van der Waals surface area contributed by atoms with Crippen molar-refractivity contribution in [1.29, 1.82) is 0 Å². The molecule has 3 nitrogen and oxygen atoms in total. The Labute approximate surface area is 150 Å². The van der Waals surface area contributed by atoms with E-state index < -0.39 is 10.0 Å². The van der Waals surface area contributed by atoms with E-state index in [0.29, 0.717) is 11.4 Å². The summed E-state index contributed by atoms with van der Waals surface area (Å²) in [5.41, 5.74) is 3.87. The quantitative estimate of drug-likeness (QED) is 0.663. The molecule has 3 aromatic rings. The molecule has 0 amide bonds. The van der Waals surface area contributed by atoms with Crippen LogP contribution in [-0.2, 0) is 10.0 Å². The van der Waals surface area contributed by atoms with Crippen molar-refractivity contribution in [1.82, 2.24) is 0 Å². The number of aryl methyl sites for hydroxylation is 3. The molecule has 0 radical (unpaired) electrons. The molecule has 0 unspecified atom stereocenters. The summed E-state index contributed by atoms with van der Waals surface area (Å²) in [5, 5.41) is 1.96. The van der Waals surface area contributed by atoms with E-state index in [1.54, 1.807) is 12.1 Å². The smallest absolute Gasteiger partial charge is 0.264 e. The van der Waals surface area contributed by atoms with E-state index in [9.17, 15) is 8.42 Å². The van der Waals surface area contributed by atoms with Crippen molar-refractivity contribution < 1.29 is 8.42 Å². The van der Waals surface area contributed by atoms with Crippen molar-refractivity contribution in [3.63, 3.8) is 0 Å². The third-order valence-corrected chi connectivity index (χ3v) is 6.35. The minimum atomic E-state index is -3.62. The van der Waals surface area contributed by atoms with Crippen LogP contribution in [0.1, 0.15) is 23.6 Å². The van der Waals surface area contributed by atoms with Crippen LogP contribution >= 0.6 is 0 Å². The van der Waals surface area contributed by atoms with Crippen LogP contribution in [0.15, 0.2) is 59.5 Å². The van der Waals surface area contributed by atoms with Crippen LogP contribution < -0.4 is 4.31 Å². The van der Waals surface area contributed by atoms with Gasteiger partial charge in [0.2, 0.25) is 0 Å². The standard InChI is InChI=1S/C21H23NO2S/c1-5-22(21-16(3)12-15(2)13-17(21)4)25(23,24)20-11-10-18-8-6-7-9-19(18)14-20/h6-14H,5H2,1-4H3. The highest BCUT2D eigenvalue weighted by Crippen LogP contribution is 2.31. The van der Waals surface area contributed by atoms with E-state index >= 15 is 0 Å².